The Bertz CT molecular complexity index is 393. The molecule has 17 heavy (non-hydrogen) atoms. The molecule has 1 amide bonds. The van der Waals surface area contributed by atoms with E-state index < -0.39 is 11.6 Å². The van der Waals surface area contributed by atoms with Crippen LogP contribution in [0.3, 0.4) is 0 Å². The van der Waals surface area contributed by atoms with E-state index in [9.17, 15) is 15.1 Å². The zero-order chi connectivity index (χ0) is 12.5. The first-order chi connectivity index (χ1) is 8.09. The van der Waals surface area contributed by atoms with Gasteiger partial charge in [-0.25, -0.2) is 0 Å². The summed E-state index contributed by atoms with van der Waals surface area (Å²) in [5, 5.41) is 21.2. The molecule has 5 nitrogen and oxygen atoms in total. The number of nitrogens with two attached hydrogens (primary N) is 1. The summed E-state index contributed by atoms with van der Waals surface area (Å²) in [4.78, 5) is 12.9. The van der Waals surface area contributed by atoms with Crippen molar-refractivity contribution < 1.29 is 15.4 Å². The molecule has 2 rings (SSSR count). The average Bonchev–Trinajstić information content (AvgIpc) is 2.36. The molecule has 2 atom stereocenters. The number of nitrogens with zero attached hydrogens (tertiary/aromatic N) is 1. The van der Waals surface area contributed by atoms with Crippen molar-refractivity contribution >= 4 is 5.91 Å². The Morgan fingerprint density at radius 2 is 2.12 bits per heavy atom. The number of likely N-dealkylation sites (tertiary alicyclic amines) is 1. The van der Waals surface area contributed by atoms with Crippen molar-refractivity contribution in [2.75, 3.05) is 13.6 Å². The van der Waals surface area contributed by atoms with Crippen LogP contribution in [0.25, 0.3) is 0 Å². The number of amides is 1. The molecular formula is C12H16N2O3. The molecule has 0 radical (unpaired) electrons. The summed E-state index contributed by atoms with van der Waals surface area (Å²) in [5.74, 6) is -0.321. The molecule has 1 saturated heterocycles. The predicted molar refractivity (Wildman–Crippen MR) is 61.7 cm³/mol. The first-order valence-corrected chi connectivity index (χ1v) is 5.54. The first kappa shape index (κ1) is 12.0. The molecule has 1 aromatic rings. The molecule has 5 heteroatoms. The van der Waals surface area contributed by atoms with Crippen LogP contribution in [0.2, 0.25) is 0 Å². The van der Waals surface area contributed by atoms with E-state index >= 15 is 0 Å². The van der Waals surface area contributed by atoms with Gasteiger partial charge in [0, 0.05) is 19.0 Å². The number of carbonyl (C=O) groups excluding carboxylic acids is 1. The maximum absolute atomic E-state index is 11.5. The summed E-state index contributed by atoms with van der Waals surface area (Å²) in [6, 6.07) is 9.28. The lowest BCUT2D eigenvalue weighted by molar-refractivity contribution is -0.683. The molecule has 0 bridgehead atoms. The number of quaternary nitrogens is 1. The smallest absolute Gasteiger partial charge is 0.251 e. The second-order valence-corrected chi connectivity index (χ2v) is 4.55. The third-order valence-corrected chi connectivity index (χ3v) is 3.31. The molecule has 0 aliphatic carbocycles. The van der Waals surface area contributed by atoms with Crippen molar-refractivity contribution in [2.24, 2.45) is 0 Å². The van der Waals surface area contributed by atoms with Gasteiger partial charge in [-0.1, -0.05) is 30.3 Å². The predicted octanol–water partition coefficient (Wildman–Crippen LogP) is -0.834. The van der Waals surface area contributed by atoms with Gasteiger partial charge in [-0.3, -0.25) is 4.79 Å². The van der Waals surface area contributed by atoms with Crippen LogP contribution in [-0.4, -0.2) is 35.6 Å². The van der Waals surface area contributed by atoms with Gasteiger partial charge < -0.3 is 20.7 Å². The van der Waals surface area contributed by atoms with Crippen molar-refractivity contribution in [2.45, 2.75) is 18.1 Å². The number of piperidine rings is 1. The number of likely N-dealkylation sites (N-methyl/N-ethyl adjacent to an activating group) is 1. The normalized spacial score (nSPS) is 29.5. The van der Waals surface area contributed by atoms with Gasteiger partial charge in [-0.15, -0.1) is 0 Å². The molecule has 2 unspecified atom stereocenters. The highest BCUT2D eigenvalue weighted by Gasteiger charge is 2.45. The highest BCUT2D eigenvalue weighted by molar-refractivity contribution is 5.81. The quantitative estimate of drug-likeness (QED) is 0.657. The SMILES string of the molecule is CN1CC([NH2+][O-])(c2ccccc2)CC(O)C1=O. The molecule has 1 aliphatic rings. The van der Waals surface area contributed by atoms with Gasteiger partial charge >= 0.3 is 0 Å². The zero-order valence-corrected chi connectivity index (χ0v) is 9.67. The molecular weight excluding hydrogens is 220 g/mol. The minimum atomic E-state index is -1.10. The van der Waals surface area contributed by atoms with Crippen LogP contribution in [0.5, 0.6) is 0 Å². The summed E-state index contributed by atoms with van der Waals surface area (Å²) in [5.41, 5.74) is 0.895. The summed E-state index contributed by atoms with van der Waals surface area (Å²) < 4.78 is 0. The van der Waals surface area contributed by atoms with Gasteiger partial charge in [0.1, 0.15) is 11.6 Å². The minimum absolute atomic E-state index is 0.156. The Hall–Kier alpha value is -1.43. The van der Waals surface area contributed by atoms with E-state index in [1.54, 1.807) is 7.05 Å². The van der Waals surface area contributed by atoms with Crippen LogP contribution < -0.4 is 5.48 Å². The van der Waals surface area contributed by atoms with E-state index in [0.717, 1.165) is 11.0 Å². The number of aliphatic hydroxyl groups excluding tert-OH is 1. The fourth-order valence-corrected chi connectivity index (χ4v) is 2.39. The van der Waals surface area contributed by atoms with E-state index in [0.29, 0.717) is 6.54 Å². The Balaban J connectivity index is 2.36. The summed E-state index contributed by atoms with van der Waals surface area (Å²) >= 11 is 0. The highest BCUT2D eigenvalue weighted by atomic mass is 16.5. The maximum Gasteiger partial charge on any atom is 0.251 e. The fraction of sp³-hybridized carbons (Fsp3) is 0.417. The number of carbonyl (C=O) groups is 1. The first-order valence-electron chi connectivity index (χ1n) is 5.54. The molecule has 1 aliphatic heterocycles. The zero-order valence-electron chi connectivity index (χ0n) is 9.67. The number of hydrogen-bond donors (Lipinski definition) is 2. The van der Waals surface area contributed by atoms with E-state index in [1.807, 2.05) is 30.3 Å². The van der Waals surface area contributed by atoms with E-state index in [4.69, 9.17) is 0 Å². The minimum Gasteiger partial charge on any atom is -0.635 e. The Kier molecular flexibility index (Phi) is 3.15. The largest absolute Gasteiger partial charge is 0.635 e. The number of rotatable bonds is 2. The average molecular weight is 236 g/mol. The van der Waals surface area contributed by atoms with E-state index in [-0.39, 0.29) is 12.3 Å². The van der Waals surface area contributed by atoms with Gasteiger partial charge in [0.15, 0.2) is 0 Å². The number of aliphatic hydroxyl groups is 1. The van der Waals surface area contributed by atoms with Crippen LogP contribution in [0, 0.1) is 5.21 Å². The van der Waals surface area contributed by atoms with Crippen molar-refractivity contribution in [1.82, 2.24) is 4.90 Å². The van der Waals surface area contributed by atoms with Crippen molar-refractivity contribution in [3.05, 3.63) is 41.1 Å². The Morgan fingerprint density at radius 3 is 2.65 bits per heavy atom. The summed E-state index contributed by atoms with van der Waals surface area (Å²) in [7, 11) is 1.60. The topological polar surface area (TPSA) is 80.2 Å². The molecule has 1 heterocycles. The number of hydroxylamine groups is 1. The van der Waals surface area contributed by atoms with Crippen molar-refractivity contribution in [1.29, 1.82) is 0 Å². The fourth-order valence-electron chi connectivity index (χ4n) is 2.39. The Labute approximate surface area is 99.6 Å². The third-order valence-electron chi connectivity index (χ3n) is 3.31. The summed E-state index contributed by atoms with van der Waals surface area (Å²) in [6.45, 7) is 0.316. The maximum atomic E-state index is 11.5. The second-order valence-electron chi connectivity index (χ2n) is 4.55. The second kappa shape index (κ2) is 4.44. The van der Waals surface area contributed by atoms with Crippen LogP contribution >= 0.6 is 0 Å². The molecule has 1 fully saturated rings. The number of benzene rings is 1. The van der Waals surface area contributed by atoms with Gasteiger partial charge in [0.05, 0.1) is 6.54 Å². The van der Waals surface area contributed by atoms with Crippen LogP contribution in [0.1, 0.15) is 12.0 Å². The monoisotopic (exact) mass is 236 g/mol. The molecule has 0 saturated carbocycles. The lowest BCUT2D eigenvalue weighted by atomic mass is 9.82. The Morgan fingerprint density at radius 1 is 1.47 bits per heavy atom. The van der Waals surface area contributed by atoms with E-state index in [1.165, 1.54) is 4.90 Å². The number of hydrogen-bond acceptors (Lipinski definition) is 3. The van der Waals surface area contributed by atoms with Crippen molar-refractivity contribution in [3.8, 4) is 0 Å². The van der Waals surface area contributed by atoms with Crippen molar-refractivity contribution in [3.63, 3.8) is 0 Å². The van der Waals surface area contributed by atoms with Gasteiger partial charge in [-0.05, 0) is 0 Å². The van der Waals surface area contributed by atoms with Crippen LogP contribution in [0.15, 0.2) is 30.3 Å². The molecule has 0 spiro atoms. The third kappa shape index (κ3) is 2.04. The molecule has 3 N–H and O–H groups in total. The molecule has 92 valence electrons. The van der Waals surface area contributed by atoms with Gasteiger partial charge in [0.2, 0.25) is 0 Å². The van der Waals surface area contributed by atoms with Crippen LogP contribution in [0.4, 0.5) is 0 Å². The lowest BCUT2D eigenvalue weighted by Crippen LogP contribution is -2.93. The molecule has 0 aromatic heterocycles. The summed E-state index contributed by atoms with van der Waals surface area (Å²) in [6.07, 6.45) is -0.942. The van der Waals surface area contributed by atoms with Crippen LogP contribution in [-0.2, 0) is 10.3 Å². The van der Waals surface area contributed by atoms with E-state index in [2.05, 4.69) is 0 Å². The van der Waals surface area contributed by atoms with Gasteiger partial charge in [-0.2, -0.15) is 0 Å². The highest BCUT2D eigenvalue weighted by Crippen LogP contribution is 2.27. The lowest BCUT2D eigenvalue weighted by Gasteiger charge is -2.42. The standard InChI is InChI=1S/C12H16N2O3/c1-14-8-12(13-17,7-10(15)11(14)16)9-5-3-2-4-6-9/h2-6,10,15H,7-8,13H2,1H3. The van der Waals surface area contributed by atoms with Gasteiger partial charge in [0.25, 0.3) is 5.91 Å². The molecule has 1 aromatic carbocycles.